The van der Waals surface area contributed by atoms with E-state index in [1.165, 1.54) is 18.6 Å². The molecule has 0 saturated carbocycles. The minimum Gasteiger partial charge on any atom is -0.493 e. The highest BCUT2D eigenvalue weighted by molar-refractivity contribution is 5.91. The van der Waals surface area contributed by atoms with E-state index < -0.39 is 5.97 Å². The molecule has 0 fully saturated rings. The first kappa shape index (κ1) is 20.1. The molecule has 0 aliphatic carbocycles. The van der Waals surface area contributed by atoms with E-state index in [9.17, 15) is 14.3 Å². The summed E-state index contributed by atoms with van der Waals surface area (Å²) in [6.07, 6.45) is 5.13. The molecule has 6 rings (SSSR count). The van der Waals surface area contributed by atoms with Gasteiger partial charge in [0.1, 0.15) is 23.5 Å². The number of hydrogen-bond donors (Lipinski definition) is 2. The molecule has 2 N–H and O–H groups in total. The molecule has 0 bridgehead atoms. The summed E-state index contributed by atoms with van der Waals surface area (Å²) in [5.41, 5.74) is 4.49. The predicted molar refractivity (Wildman–Crippen MR) is 120 cm³/mol. The fourth-order valence-corrected chi connectivity index (χ4v) is 4.43. The van der Waals surface area contributed by atoms with Crippen molar-refractivity contribution >= 4 is 23.2 Å². The highest BCUT2D eigenvalue weighted by atomic mass is 19.1. The second-order valence-electron chi connectivity index (χ2n) is 7.97. The van der Waals surface area contributed by atoms with E-state index >= 15 is 0 Å². The molecule has 170 valence electrons. The highest BCUT2D eigenvalue weighted by Crippen LogP contribution is 2.32. The first-order chi connectivity index (χ1) is 16.5. The number of benzene rings is 1. The van der Waals surface area contributed by atoms with Crippen molar-refractivity contribution in [1.82, 2.24) is 29.0 Å². The number of fused-ring (bicyclic) bond motifs is 3. The number of ether oxygens (including phenoxy) is 1. The molecule has 4 aromatic heterocycles. The van der Waals surface area contributed by atoms with Crippen LogP contribution in [0.1, 0.15) is 27.3 Å². The van der Waals surface area contributed by atoms with Crippen LogP contribution < -0.4 is 10.1 Å². The first-order valence-electron chi connectivity index (χ1n) is 10.6. The van der Waals surface area contributed by atoms with Crippen LogP contribution >= 0.6 is 0 Å². The van der Waals surface area contributed by atoms with E-state index in [1.807, 2.05) is 19.1 Å². The number of pyridine rings is 1. The van der Waals surface area contributed by atoms with Gasteiger partial charge in [-0.05, 0) is 31.2 Å². The van der Waals surface area contributed by atoms with Crippen molar-refractivity contribution in [2.45, 2.75) is 19.9 Å². The molecular formula is C23H18FN7O3. The zero-order valence-corrected chi connectivity index (χ0v) is 18.0. The summed E-state index contributed by atoms with van der Waals surface area (Å²) in [5, 5.41) is 21.0. The van der Waals surface area contributed by atoms with Crippen molar-refractivity contribution in [2.75, 3.05) is 11.9 Å². The van der Waals surface area contributed by atoms with Gasteiger partial charge in [0.2, 0.25) is 5.95 Å². The molecule has 10 nitrogen and oxygen atoms in total. The lowest BCUT2D eigenvalue weighted by atomic mass is 10.0. The summed E-state index contributed by atoms with van der Waals surface area (Å²) in [5.74, 6) is -0.218. The average molecular weight is 459 g/mol. The number of carboxylic acid groups (broad SMARTS) is 1. The maximum atomic E-state index is 14.5. The molecule has 0 amide bonds. The molecule has 5 aromatic rings. The summed E-state index contributed by atoms with van der Waals surface area (Å²) >= 11 is 0. The van der Waals surface area contributed by atoms with Gasteiger partial charge in [0.15, 0.2) is 11.3 Å². The molecule has 0 atom stereocenters. The van der Waals surface area contributed by atoms with Gasteiger partial charge in [0.05, 0.1) is 12.8 Å². The standard InChI is InChI=1S/C23H18FN7O3/c1-12-2-3-14(20-25-10-18(22(32)33)31(12)20)16-9-27-23(30-11-28-29-21(16)30)26-8-15-13-6-7-34-19(13)5-4-17(15)24/h2-5,9-11H,6-8H2,1H3,(H,26,27)(H,32,33). The fourth-order valence-electron chi connectivity index (χ4n) is 4.43. The first-order valence-corrected chi connectivity index (χ1v) is 10.6. The van der Waals surface area contributed by atoms with Crippen LogP contribution in [0, 0.1) is 12.7 Å². The lowest BCUT2D eigenvalue weighted by molar-refractivity contribution is 0.0689. The van der Waals surface area contributed by atoms with Crippen LogP contribution in [0.15, 0.2) is 43.0 Å². The lowest BCUT2D eigenvalue weighted by Crippen LogP contribution is -2.10. The van der Waals surface area contributed by atoms with Crippen LogP contribution in [-0.4, -0.2) is 46.6 Å². The molecular weight excluding hydrogens is 441 g/mol. The molecule has 0 radical (unpaired) electrons. The Labute approximate surface area is 191 Å². The summed E-state index contributed by atoms with van der Waals surface area (Å²) in [6, 6.07) is 6.73. The number of imidazole rings is 1. The zero-order chi connectivity index (χ0) is 23.4. The number of aromatic carboxylic acids is 1. The molecule has 0 spiro atoms. The molecule has 1 aliphatic rings. The Hall–Kier alpha value is -4.54. The van der Waals surface area contributed by atoms with E-state index in [0.717, 1.165) is 11.3 Å². The van der Waals surface area contributed by atoms with Gasteiger partial charge in [-0.1, -0.05) is 0 Å². The van der Waals surface area contributed by atoms with Crippen molar-refractivity contribution < 1.29 is 19.0 Å². The molecule has 0 unspecified atom stereocenters. The van der Waals surface area contributed by atoms with Crippen molar-refractivity contribution in [3.05, 3.63) is 71.3 Å². The van der Waals surface area contributed by atoms with Crippen molar-refractivity contribution in [2.24, 2.45) is 0 Å². The molecule has 1 aliphatic heterocycles. The maximum absolute atomic E-state index is 14.5. The third kappa shape index (κ3) is 2.97. The van der Waals surface area contributed by atoms with E-state index in [1.54, 1.807) is 21.1 Å². The third-order valence-electron chi connectivity index (χ3n) is 6.05. The van der Waals surface area contributed by atoms with Crippen LogP contribution in [0.25, 0.3) is 22.4 Å². The largest absolute Gasteiger partial charge is 0.493 e. The highest BCUT2D eigenvalue weighted by Gasteiger charge is 2.21. The van der Waals surface area contributed by atoms with Crippen LogP contribution in [0.4, 0.5) is 10.3 Å². The SMILES string of the molecule is Cc1ccc(-c2cnc(NCc3c(F)ccc4c3CCO4)n3cnnc23)c2ncc(C(=O)O)n12. The Morgan fingerprint density at radius 3 is 2.91 bits per heavy atom. The van der Waals surface area contributed by atoms with Gasteiger partial charge < -0.3 is 15.2 Å². The Morgan fingerprint density at radius 2 is 2.06 bits per heavy atom. The Balaban J connectivity index is 1.41. The van der Waals surface area contributed by atoms with Gasteiger partial charge in [-0.15, -0.1) is 10.2 Å². The lowest BCUT2D eigenvalue weighted by Gasteiger charge is -2.13. The number of hydrogen-bond acceptors (Lipinski definition) is 7. The monoisotopic (exact) mass is 459 g/mol. The summed E-state index contributed by atoms with van der Waals surface area (Å²) in [7, 11) is 0. The number of aryl methyl sites for hydroxylation is 1. The predicted octanol–water partition coefficient (Wildman–Crippen LogP) is 3.13. The quantitative estimate of drug-likeness (QED) is 0.412. The van der Waals surface area contributed by atoms with E-state index in [4.69, 9.17) is 4.74 Å². The zero-order valence-electron chi connectivity index (χ0n) is 18.0. The van der Waals surface area contributed by atoms with E-state index in [-0.39, 0.29) is 18.1 Å². The van der Waals surface area contributed by atoms with E-state index in [0.29, 0.717) is 52.7 Å². The van der Waals surface area contributed by atoms with Crippen LogP contribution in [0.5, 0.6) is 5.75 Å². The normalized spacial score (nSPS) is 12.8. The Morgan fingerprint density at radius 1 is 1.18 bits per heavy atom. The molecule has 11 heteroatoms. The van der Waals surface area contributed by atoms with Gasteiger partial charge >= 0.3 is 5.97 Å². The number of nitrogens with zero attached hydrogens (tertiary/aromatic N) is 6. The third-order valence-corrected chi connectivity index (χ3v) is 6.05. The fraction of sp³-hybridized carbons (Fsp3) is 0.174. The van der Waals surface area contributed by atoms with Crippen molar-refractivity contribution in [3.63, 3.8) is 0 Å². The molecule has 0 saturated heterocycles. The van der Waals surface area contributed by atoms with Crippen LogP contribution in [0.2, 0.25) is 0 Å². The summed E-state index contributed by atoms with van der Waals surface area (Å²) < 4.78 is 23.3. The average Bonchev–Trinajstić information content (AvgIpc) is 3.58. The number of halogens is 1. The number of nitrogens with one attached hydrogen (secondary N) is 1. The number of rotatable bonds is 5. The maximum Gasteiger partial charge on any atom is 0.354 e. The van der Waals surface area contributed by atoms with Crippen LogP contribution in [0.3, 0.4) is 0 Å². The smallest absolute Gasteiger partial charge is 0.354 e. The number of carboxylic acids is 1. The Kier molecular flexibility index (Phi) is 4.44. The summed E-state index contributed by atoms with van der Waals surface area (Å²) in [4.78, 5) is 20.5. The number of carbonyl (C=O) groups is 1. The minimum absolute atomic E-state index is 0.0690. The van der Waals surface area contributed by atoms with Gasteiger partial charge in [-0.25, -0.2) is 19.2 Å². The Bertz CT molecular complexity index is 1610. The van der Waals surface area contributed by atoms with Crippen molar-refractivity contribution in [1.29, 1.82) is 0 Å². The van der Waals surface area contributed by atoms with Gasteiger partial charge in [0.25, 0.3) is 0 Å². The number of anilines is 1. The van der Waals surface area contributed by atoms with Crippen molar-refractivity contribution in [3.8, 4) is 16.9 Å². The second-order valence-corrected chi connectivity index (χ2v) is 7.97. The van der Waals surface area contributed by atoms with Gasteiger partial charge in [-0.2, -0.15) is 0 Å². The van der Waals surface area contributed by atoms with Gasteiger partial charge in [0, 0.05) is 47.1 Å². The van der Waals surface area contributed by atoms with E-state index in [2.05, 4.69) is 25.5 Å². The topological polar surface area (TPSA) is 119 Å². The number of aromatic nitrogens is 6. The molecule has 5 heterocycles. The van der Waals surface area contributed by atoms with Gasteiger partial charge in [-0.3, -0.25) is 8.80 Å². The second kappa shape index (κ2) is 7.51. The molecule has 1 aromatic carbocycles. The minimum atomic E-state index is -1.07. The molecule has 34 heavy (non-hydrogen) atoms. The summed E-state index contributed by atoms with van der Waals surface area (Å²) in [6.45, 7) is 2.57. The van der Waals surface area contributed by atoms with Crippen LogP contribution in [-0.2, 0) is 13.0 Å².